The van der Waals surface area contributed by atoms with Crippen molar-refractivity contribution in [3.05, 3.63) is 93.8 Å². The molecule has 172 valence electrons. The van der Waals surface area contributed by atoms with E-state index in [1.807, 2.05) is 32.0 Å². The summed E-state index contributed by atoms with van der Waals surface area (Å²) in [7, 11) is 0. The minimum absolute atomic E-state index is 0.0886. The summed E-state index contributed by atoms with van der Waals surface area (Å²) in [6, 6.07) is 17.6. The van der Waals surface area contributed by atoms with E-state index in [-0.39, 0.29) is 5.69 Å². The number of amides is 3. The van der Waals surface area contributed by atoms with E-state index in [4.69, 9.17) is 0 Å². The number of anilines is 2. The van der Waals surface area contributed by atoms with Crippen LogP contribution in [0, 0.1) is 19.7 Å². The molecular formula is C25H20BrFN4O3. The van der Waals surface area contributed by atoms with Gasteiger partial charge in [0.2, 0.25) is 0 Å². The maximum atomic E-state index is 13.2. The fraction of sp³-hybridized carbons (Fsp3) is 0.0800. The Morgan fingerprint density at radius 3 is 2.21 bits per heavy atom. The highest BCUT2D eigenvalue weighted by Gasteiger charge is 2.22. The molecule has 0 atom stereocenters. The lowest BCUT2D eigenvalue weighted by Gasteiger charge is -2.14. The van der Waals surface area contributed by atoms with E-state index in [0.717, 1.165) is 15.6 Å². The second-order valence-electron chi connectivity index (χ2n) is 7.69. The van der Waals surface area contributed by atoms with Gasteiger partial charge in [-0.05, 0) is 73.5 Å². The van der Waals surface area contributed by atoms with Crippen LogP contribution < -0.4 is 16.1 Å². The SMILES string of the molecule is Cc1cccc(C)c1NC(=O)C(=O)Nn1c(C(=O)Nc2ccc(F)cc2)cc2cc(Br)ccc21. The lowest BCUT2D eigenvalue weighted by atomic mass is 10.1. The number of fused-ring (bicyclic) bond motifs is 1. The first kappa shape index (κ1) is 23.2. The molecule has 34 heavy (non-hydrogen) atoms. The summed E-state index contributed by atoms with van der Waals surface area (Å²) in [5, 5.41) is 5.96. The number of nitrogens with zero attached hydrogens (tertiary/aromatic N) is 1. The Labute approximate surface area is 203 Å². The number of hydrogen-bond donors (Lipinski definition) is 3. The molecule has 0 saturated heterocycles. The first-order chi connectivity index (χ1) is 16.2. The largest absolute Gasteiger partial charge is 0.328 e. The number of aromatic nitrogens is 1. The van der Waals surface area contributed by atoms with Crippen LogP contribution in [0.3, 0.4) is 0 Å². The van der Waals surface area contributed by atoms with Crippen molar-refractivity contribution in [2.45, 2.75) is 13.8 Å². The van der Waals surface area contributed by atoms with Gasteiger partial charge in [-0.1, -0.05) is 34.1 Å². The van der Waals surface area contributed by atoms with Gasteiger partial charge in [0.15, 0.2) is 0 Å². The molecule has 0 radical (unpaired) electrons. The molecular weight excluding hydrogens is 503 g/mol. The van der Waals surface area contributed by atoms with Crippen LogP contribution in [-0.2, 0) is 9.59 Å². The number of aryl methyl sites for hydroxylation is 2. The summed E-state index contributed by atoms with van der Waals surface area (Å²) >= 11 is 3.39. The van der Waals surface area contributed by atoms with Gasteiger partial charge in [-0.15, -0.1) is 0 Å². The molecule has 4 aromatic rings. The van der Waals surface area contributed by atoms with Crippen molar-refractivity contribution in [3.63, 3.8) is 0 Å². The van der Waals surface area contributed by atoms with Crippen LogP contribution in [0.2, 0.25) is 0 Å². The van der Waals surface area contributed by atoms with Crippen molar-refractivity contribution in [1.82, 2.24) is 4.68 Å². The highest BCUT2D eigenvalue weighted by molar-refractivity contribution is 9.10. The molecule has 0 unspecified atom stereocenters. The number of benzene rings is 3. The zero-order valence-electron chi connectivity index (χ0n) is 18.3. The van der Waals surface area contributed by atoms with Crippen molar-refractivity contribution in [2.24, 2.45) is 0 Å². The third-order valence-electron chi connectivity index (χ3n) is 5.24. The normalized spacial score (nSPS) is 10.7. The van der Waals surface area contributed by atoms with E-state index in [2.05, 4.69) is 32.0 Å². The van der Waals surface area contributed by atoms with Gasteiger partial charge in [0.25, 0.3) is 5.91 Å². The molecule has 3 amide bonds. The summed E-state index contributed by atoms with van der Waals surface area (Å²) in [5.74, 6) is -2.80. The maximum Gasteiger partial charge on any atom is 0.328 e. The molecule has 1 aromatic heterocycles. The molecule has 4 rings (SSSR count). The number of halogens is 2. The van der Waals surface area contributed by atoms with Gasteiger partial charge >= 0.3 is 11.8 Å². The van der Waals surface area contributed by atoms with Crippen LogP contribution in [-0.4, -0.2) is 22.4 Å². The Balaban J connectivity index is 1.64. The molecule has 0 spiro atoms. The summed E-state index contributed by atoms with van der Waals surface area (Å²) in [4.78, 5) is 38.5. The Bertz CT molecular complexity index is 1410. The quantitative estimate of drug-likeness (QED) is 0.325. The zero-order chi connectivity index (χ0) is 24.4. The van der Waals surface area contributed by atoms with Gasteiger partial charge in [0, 0.05) is 21.2 Å². The van der Waals surface area contributed by atoms with Crippen LogP contribution in [0.5, 0.6) is 0 Å². The smallest absolute Gasteiger partial charge is 0.321 e. The second kappa shape index (κ2) is 9.48. The Morgan fingerprint density at radius 1 is 0.853 bits per heavy atom. The minimum atomic E-state index is -0.945. The second-order valence-corrected chi connectivity index (χ2v) is 8.61. The van der Waals surface area contributed by atoms with Crippen molar-refractivity contribution < 1.29 is 18.8 Å². The monoisotopic (exact) mass is 522 g/mol. The highest BCUT2D eigenvalue weighted by Crippen LogP contribution is 2.24. The van der Waals surface area contributed by atoms with Gasteiger partial charge in [-0.25, -0.2) is 9.07 Å². The first-order valence-corrected chi connectivity index (χ1v) is 11.1. The van der Waals surface area contributed by atoms with Gasteiger partial charge in [0.05, 0.1) is 5.52 Å². The van der Waals surface area contributed by atoms with Gasteiger partial charge in [-0.3, -0.25) is 19.8 Å². The van der Waals surface area contributed by atoms with E-state index in [0.29, 0.717) is 22.3 Å². The van der Waals surface area contributed by atoms with Crippen LogP contribution in [0.4, 0.5) is 15.8 Å². The lowest BCUT2D eigenvalue weighted by molar-refractivity contribution is -0.133. The van der Waals surface area contributed by atoms with E-state index < -0.39 is 23.5 Å². The van der Waals surface area contributed by atoms with Gasteiger partial charge in [0.1, 0.15) is 11.5 Å². The minimum Gasteiger partial charge on any atom is -0.321 e. The number of nitrogens with one attached hydrogen (secondary N) is 3. The number of rotatable bonds is 4. The third kappa shape index (κ3) is 4.84. The molecule has 3 N–H and O–H groups in total. The van der Waals surface area contributed by atoms with Crippen molar-refractivity contribution in [2.75, 3.05) is 16.1 Å². The molecule has 0 aliphatic rings. The van der Waals surface area contributed by atoms with E-state index in [9.17, 15) is 18.8 Å². The number of para-hydroxylation sites is 1. The predicted octanol–water partition coefficient (Wildman–Crippen LogP) is 5.12. The summed E-state index contributed by atoms with van der Waals surface area (Å²) in [5.41, 5.74) is 5.69. The highest BCUT2D eigenvalue weighted by atomic mass is 79.9. The topological polar surface area (TPSA) is 92.2 Å². The average Bonchev–Trinajstić information content (AvgIpc) is 3.15. The fourth-order valence-corrected chi connectivity index (χ4v) is 3.92. The van der Waals surface area contributed by atoms with E-state index in [1.165, 1.54) is 28.9 Å². The standard InChI is InChI=1S/C25H20BrFN4O3/c1-14-4-3-5-15(2)22(14)29-24(33)25(34)30-31-20-11-6-17(26)12-16(20)13-21(31)23(32)28-19-9-7-18(27)8-10-19/h3-13H,1-2H3,(H,28,32)(H,29,33)(H,30,34). The van der Waals surface area contributed by atoms with Crippen molar-refractivity contribution >= 4 is 55.9 Å². The molecule has 0 saturated carbocycles. The Morgan fingerprint density at radius 2 is 1.53 bits per heavy atom. The molecule has 3 aromatic carbocycles. The molecule has 9 heteroatoms. The number of hydrogen-bond acceptors (Lipinski definition) is 3. The predicted molar refractivity (Wildman–Crippen MR) is 133 cm³/mol. The summed E-state index contributed by atoms with van der Waals surface area (Å²) < 4.78 is 15.2. The van der Waals surface area contributed by atoms with Crippen molar-refractivity contribution in [1.29, 1.82) is 0 Å². The molecule has 0 fully saturated rings. The van der Waals surface area contributed by atoms with Crippen LogP contribution in [0.1, 0.15) is 21.6 Å². The first-order valence-electron chi connectivity index (χ1n) is 10.3. The lowest BCUT2D eigenvalue weighted by Crippen LogP contribution is -2.36. The number of carbonyl (C=O) groups is 3. The molecule has 0 aliphatic carbocycles. The van der Waals surface area contributed by atoms with E-state index >= 15 is 0 Å². The average molecular weight is 523 g/mol. The van der Waals surface area contributed by atoms with Crippen LogP contribution in [0.15, 0.2) is 71.2 Å². The summed E-state index contributed by atoms with van der Waals surface area (Å²) in [6.45, 7) is 3.66. The molecule has 7 nitrogen and oxygen atoms in total. The number of carbonyl (C=O) groups excluding carboxylic acids is 3. The maximum absolute atomic E-state index is 13.2. The van der Waals surface area contributed by atoms with E-state index in [1.54, 1.807) is 24.3 Å². The van der Waals surface area contributed by atoms with Crippen molar-refractivity contribution in [3.8, 4) is 0 Å². The molecule has 1 heterocycles. The fourth-order valence-electron chi connectivity index (χ4n) is 3.54. The van der Waals surface area contributed by atoms with Gasteiger partial charge in [-0.2, -0.15) is 0 Å². The van der Waals surface area contributed by atoms with Crippen LogP contribution >= 0.6 is 15.9 Å². The Hall–Kier alpha value is -3.98. The third-order valence-corrected chi connectivity index (χ3v) is 5.73. The van der Waals surface area contributed by atoms with Gasteiger partial charge < -0.3 is 10.6 Å². The van der Waals surface area contributed by atoms with Crippen LogP contribution in [0.25, 0.3) is 10.9 Å². The Kier molecular flexibility index (Phi) is 6.47. The zero-order valence-corrected chi connectivity index (χ0v) is 19.9. The molecule has 0 aliphatic heterocycles. The summed E-state index contributed by atoms with van der Waals surface area (Å²) in [6.07, 6.45) is 0. The molecule has 0 bridgehead atoms.